The molecule has 1 aromatic heterocycles. The highest BCUT2D eigenvalue weighted by molar-refractivity contribution is 5.85. The summed E-state index contributed by atoms with van der Waals surface area (Å²) in [5, 5.41) is 5.93. The van der Waals surface area contributed by atoms with Crippen LogP contribution >= 0.6 is 24.8 Å². The topological polar surface area (TPSA) is 79.0 Å². The standard InChI is InChI=1S/C14H17FN4O2.2ClH/c15-9-1-2-10-11(7-9)19-13(18-10)3-4-17-14(20)12-8-21-6-5-16-12;;/h1-2,7,12,16H,3-6,8H2,(H,17,20)(H,18,19);2*1H. The second-order valence-electron chi connectivity index (χ2n) is 4.97. The van der Waals surface area contributed by atoms with Gasteiger partial charge >= 0.3 is 0 Å². The van der Waals surface area contributed by atoms with Gasteiger partial charge in [0.05, 0.1) is 24.2 Å². The molecule has 1 saturated heterocycles. The van der Waals surface area contributed by atoms with E-state index in [0.29, 0.717) is 38.2 Å². The quantitative estimate of drug-likeness (QED) is 0.761. The molecular formula is C14H19Cl2FN4O2. The number of fused-ring (bicyclic) bond motifs is 1. The van der Waals surface area contributed by atoms with Crippen molar-refractivity contribution in [3.63, 3.8) is 0 Å². The van der Waals surface area contributed by atoms with Crippen LogP contribution in [-0.4, -0.2) is 48.2 Å². The Labute approximate surface area is 145 Å². The van der Waals surface area contributed by atoms with Crippen molar-refractivity contribution < 1.29 is 13.9 Å². The summed E-state index contributed by atoms with van der Waals surface area (Å²) in [7, 11) is 0. The molecule has 23 heavy (non-hydrogen) atoms. The molecule has 3 N–H and O–H groups in total. The molecule has 2 heterocycles. The first-order valence-electron chi connectivity index (χ1n) is 6.95. The first-order valence-corrected chi connectivity index (χ1v) is 6.95. The normalized spacial score (nSPS) is 17.2. The molecule has 1 fully saturated rings. The summed E-state index contributed by atoms with van der Waals surface area (Å²) >= 11 is 0. The Balaban J connectivity index is 0.00000132. The Bertz CT molecular complexity index is 647. The molecule has 3 rings (SSSR count). The van der Waals surface area contributed by atoms with Crippen molar-refractivity contribution in [1.29, 1.82) is 0 Å². The number of aromatic nitrogens is 2. The molecule has 0 saturated carbocycles. The number of ether oxygens (including phenoxy) is 1. The maximum atomic E-state index is 13.1. The van der Waals surface area contributed by atoms with Gasteiger partial charge in [0.1, 0.15) is 17.7 Å². The molecule has 2 aromatic rings. The lowest BCUT2D eigenvalue weighted by atomic mass is 10.2. The van der Waals surface area contributed by atoms with Gasteiger partial charge in [0.25, 0.3) is 0 Å². The lowest BCUT2D eigenvalue weighted by molar-refractivity contribution is -0.125. The number of nitrogens with one attached hydrogen (secondary N) is 3. The van der Waals surface area contributed by atoms with Gasteiger partial charge in [0, 0.05) is 19.5 Å². The second kappa shape index (κ2) is 9.02. The highest BCUT2D eigenvalue weighted by Gasteiger charge is 2.20. The molecule has 1 aliphatic heterocycles. The minimum absolute atomic E-state index is 0. The van der Waals surface area contributed by atoms with E-state index in [1.54, 1.807) is 6.07 Å². The molecule has 0 radical (unpaired) electrons. The fourth-order valence-corrected chi connectivity index (χ4v) is 2.31. The zero-order chi connectivity index (χ0) is 14.7. The smallest absolute Gasteiger partial charge is 0.239 e. The van der Waals surface area contributed by atoms with E-state index >= 15 is 0 Å². The average Bonchev–Trinajstić information content (AvgIpc) is 2.89. The van der Waals surface area contributed by atoms with Crippen LogP contribution in [0.1, 0.15) is 5.82 Å². The predicted molar refractivity (Wildman–Crippen MR) is 89.9 cm³/mol. The van der Waals surface area contributed by atoms with Crippen LogP contribution < -0.4 is 10.6 Å². The van der Waals surface area contributed by atoms with Crippen molar-refractivity contribution in [2.75, 3.05) is 26.3 Å². The van der Waals surface area contributed by atoms with E-state index in [9.17, 15) is 9.18 Å². The van der Waals surface area contributed by atoms with E-state index in [4.69, 9.17) is 4.74 Å². The van der Waals surface area contributed by atoms with Crippen LogP contribution in [0.5, 0.6) is 0 Å². The van der Waals surface area contributed by atoms with Gasteiger partial charge in [-0.2, -0.15) is 0 Å². The van der Waals surface area contributed by atoms with Crippen LogP contribution in [0.15, 0.2) is 18.2 Å². The molecule has 128 valence electrons. The number of hydrogen-bond donors (Lipinski definition) is 3. The Morgan fingerprint density at radius 2 is 2.26 bits per heavy atom. The molecule has 1 unspecified atom stereocenters. The molecule has 9 heteroatoms. The molecular weight excluding hydrogens is 346 g/mol. The highest BCUT2D eigenvalue weighted by Crippen LogP contribution is 2.12. The van der Waals surface area contributed by atoms with Crippen molar-refractivity contribution in [2.45, 2.75) is 12.5 Å². The Morgan fingerprint density at radius 3 is 3.00 bits per heavy atom. The SMILES string of the molecule is Cl.Cl.O=C(NCCc1nc2ccc(F)cc2[nH]1)C1COCCN1. The summed E-state index contributed by atoms with van der Waals surface area (Å²) in [5.74, 6) is 0.356. The van der Waals surface area contributed by atoms with E-state index in [1.165, 1.54) is 12.1 Å². The number of hydrogen-bond acceptors (Lipinski definition) is 4. The number of carbonyl (C=O) groups excluding carboxylic acids is 1. The van der Waals surface area contributed by atoms with E-state index in [-0.39, 0.29) is 42.6 Å². The maximum Gasteiger partial charge on any atom is 0.239 e. The van der Waals surface area contributed by atoms with Crippen LogP contribution in [0.3, 0.4) is 0 Å². The minimum Gasteiger partial charge on any atom is -0.378 e. The summed E-state index contributed by atoms with van der Waals surface area (Å²) in [4.78, 5) is 19.3. The molecule has 6 nitrogen and oxygen atoms in total. The van der Waals surface area contributed by atoms with Crippen molar-refractivity contribution >= 4 is 41.8 Å². The van der Waals surface area contributed by atoms with Crippen molar-refractivity contribution in [3.05, 3.63) is 29.8 Å². The zero-order valence-electron chi connectivity index (χ0n) is 12.3. The van der Waals surface area contributed by atoms with E-state index in [0.717, 1.165) is 11.3 Å². The van der Waals surface area contributed by atoms with Crippen molar-refractivity contribution in [1.82, 2.24) is 20.6 Å². The average molecular weight is 365 g/mol. The van der Waals surface area contributed by atoms with Crippen LogP contribution in [-0.2, 0) is 16.0 Å². The largest absolute Gasteiger partial charge is 0.378 e. The third-order valence-electron chi connectivity index (χ3n) is 3.39. The number of rotatable bonds is 4. The molecule has 0 spiro atoms. The highest BCUT2D eigenvalue weighted by atomic mass is 35.5. The van der Waals surface area contributed by atoms with E-state index in [2.05, 4.69) is 20.6 Å². The van der Waals surface area contributed by atoms with E-state index < -0.39 is 0 Å². The summed E-state index contributed by atoms with van der Waals surface area (Å²) in [6.07, 6.45) is 0.565. The third-order valence-corrected chi connectivity index (χ3v) is 3.39. The van der Waals surface area contributed by atoms with Gasteiger partial charge in [-0.25, -0.2) is 9.37 Å². The van der Waals surface area contributed by atoms with Gasteiger partial charge in [-0.15, -0.1) is 24.8 Å². The van der Waals surface area contributed by atoms with Gasteiger partial charge in [0.2, 0.25) is 5.91 Å². The number of H-pyrrole nitrogens is 1. The van der Waals surface area contributed by atoms with Gasteiger partial charge in [-0.05, 0) is 18.2 Å². The number of aromatic amines is 1. The minimum atomic E-state index is -0.297. The molecule has 1 aromatic carbocycles. The zero-order valence-corrected chi connectivity index (χ0v) is 13.9. The lowest BCUT2D eigenvalue weighted by Gasteiger charge is -2.22. The van der Waals surface area contributed by atoms with Gasteiger partial charge in [-0.1, -0.05) is 0 Å². The molecule has 1 aliphatic rings. The second-order valence-corrected chi connectivity index (χ2v) is 4.97. The first-order chi connectivity index (χ1) is 10.2. The van der Waals surface area contributed by atoms with Gasteiger partial charge < -0.3 is 20.4 Å². The summed E-state index contributed by atoms with van der Waals surface area (Å²) < 4.78 is 18.3. The number of morpholine rings is 1. The molecule has 1 amide bonds. The van der Waals surface area contributed by atoms with Crippen LogP contribution in [0, 0.1) is 5.82 Å². The Kier molecular flexibility index (Phi) is 7.70. The maximum absolute atomic E-state index is 13.1. The Hall–Kier alpha value is -1.41. The van der Waals surface area contributed by atoms with E-state index in [1.807, 2.05) is 0 Å². The van der Waals surface area contributed by atoms with Gasteiger partial charge in [-0.3, -0.25) is 4.79 Å². The van der Waals surface area contributed by atoms with Crippen LogP contribution in [0.25, 0.3) is 11.0 Å². The number of halogens is 3. The predicted octanol–water partition coefficient (Wildman–Crippen LogP) is 1.19. The number of amides is 1. The Morgan fingerprint density at radius 1 is 1.43 bits per heavy atom. The van der Waals surface area contributed by atoms with Crippen LogP contribution in [0.2, 0.25) is 0 Å². The van der Waals surface area contributed by atoms with Crippen molar-refractivity contribution in [2.24, 2.45) is 0 Å². The van der Waals surface area contributed by atoms with Crippen molar-refractivity contribution in [3.8, 4) is 0 Å². The number of imidazole rings is 1. The summed E-state index contributed by atoms with van der Waals surface area (Å²) in [6.45, 7) is 2.20. The number of benzene rings is 1. The summed E-state index contributed by atoms with van der Waals surface area (Å²) in [5.41, 5.74) is 1.39. The molecule has 1 atom stereocenters. The third kappa shape index (κ3) is 5.04. The number of nitrogens with zero attached hydrogens (tertiary/aromatic N) is 1. The van der Waals surface area contributed by atoms with Crippen LogP contribution in [0.4, 0.5) is 4.39 Å². The molecule has 0 bridgehead atoms. The summed E-state index contributed by atoms with van der Waals surface area (Å²) in [6, 6.07) is 4.13. The fraction of sp³-hybridized carbons (Fsp3) is 0.429. The lowest BCUT2D eigenvalue weighted by Crippen LogP contribution is -2.51. The first kappa shape index (κ1) is 19.6. The number of carbonyl (C=O) groups is 1. The molecule has 0 aliphatic carbocycles. The fourth-order valence-electron chi connectivity index (χ4n) is 2.31. The monoisotopic (exact) mass is 364 g/mol. The van der Waals surface area contributed by atoms with Gasteiger partial charge in [0.15, 0.2) is 0 Å².